The zero-order chi connectivity index (χ0) is 14.6. The molecule has 0 unspecified atom stereocenters. The third kappa shape index (κ3) is 4.96. The summed E-state index contributed by atoms with van der Waals surface area (Å²) >= 11 is 3.22. The summed E-state index contributed by atoms with van der Waals surface area (Å²) in [6, 6.07) is 1.60. The minimum atomic E-state index is -0.658. The number of aliphatic hydroxyl groups is 1. The molecule has 0 bridgehead atoms. The van der Waals surface area contributed by atoms with Crippen LogP contribution in [-0.4, -0.2) is 34.1 Å². The zero-order valence-corrected chi connectivity index (χ0v) is 12.5. The number of anilines is 1. The first-order valence-corrected chi connectivity index (χ1v) is 6.36. The van der Waals surface area contributed by atoms with Gasteiger partial charge in [0.15, 0.2) is 0 Å². The second-order valence-electron chi connectivity index (χ2n) is 4.81. The van der Waals surface area contributed by atoms with Crippen molar-refractivity contribution in [1.82, 2.24) is 4.98 Å². The Labute approximate surface area is 119 Å². The molecule has 0 aromatic carbocycles. The van der Waals surface area contributed by atoms with Crippen molar-refractivity contribution in [3.63, 3.8) is 0 Å². The van der Waals surface area contributed by atoms with Crippen LogP contribution in [0.4, 0.5) is 10.6 Å². The molecule has 0 aliphatic rings. The number of nitrogens with one attached hydrogen (secondary N) is 2. The quantitative estimate of drug-likeness (QED) is 0.742. The van der Waals surface area contributed by atoms with Gasteiger partial charge in [-0.15, -0.1) is 0 Å². The Kier molecular flexibility index (Phi) is 5.02. The summed E-state index contributed by atoms with van der Waals surface area (Å²) < 4.78 is 5.75. The van der Waals surface area contributed by atoms with Gasteiger partial charge in [0.1, 0.15) is 11.4 Å². The van der Waals surface area contributed by atoms with Gasteiger partial charge >= 0.3 is 6.09 Å². The lowest BCUT2D eigenvalue weighted by molar-refractivity contribution is 0.0635. The van der Waals surface area contributed by atoms with Gasteiger partial charge in [0.25, 0.3) is 0 Å². The molecule has 0 aliphatic carbocycles. The second-order valence-corrected chi connectivity index (χ2v) is 5.73. The number of carbonyl (C=O) groups excluding carboxylic acids is 1. The van der Waals surface area contributed by atoms with Gasteiger partial charge in [-0.1, -0.05) is 0 Å². The van der Waals surface area contributed by atoms with Crippen LogP contribution in [0.15, 0.2) is 16.7 Å². The molecule has 1 aromatic heterocycles. The van der Waals surface area contributed by atoms with Crippen LogP contribution >= 0.6 is 15.9 Å². The van der Waals surface area contributed by atoms with Crippen LogP contribution in [0.5, 0.6) is 0 Å². The second kappa shape index (κ2) is 6.12. The van der Waals surface area contributed by atoms with Crippen molar-refractivity contribution in [2.24, 2.45) is 0 Å². The Bertz CT molecular complexity index is 497. The van der Waals surface area contributed by atoms with Crippen LogP contribution in [-0.2, 0) is 4.74 Å². The zero-order valence-electron chi connectivity index (χ0n) is 11.0. The maximum Gasteiger partial charge on any atom is 0.413 e. The minimum absolute atomic E-state index is 0.0418. The molecule has 1 aromatic rings. The predicted octanol–water partition coefficient (Wildman–Crippen LogP) is 2.55. The van der Waals surface area contributed by atoms with Crippen molar-refractivity contribution < 1.29 is 14.6 Å². The van der Waals surface area contributed by atoms with Crippen molar-refractivity contribution in [2.45, 2.75) is 26.4 Å². The van der Waals surface area contributed by atoms with E-state index in [0.29, 0.717) is 10.0 Å². The minimum Gasteiger partial charge on any atom is -0.444 e. The molecule has 0 spiro atoms. The lowest BCUT2D eigenvalue weighted by Gasteiger charge is -2.20. The highest BCUT2D eigenvalue weighted by molar-refractivity contribution is 9.10. The molecule has 19 heavy (non-hydrogen) atoms. The Balaban J connectivity index is 2.95. The molecule has 104 valence electrons. The van der Waals surface area contributed by atoms with Crippen LogP contribution in [0.3, 0.4) is 0 Å². The number of pyridine rings is 1. The predicted molar refractivity (Wildman–Crippen MR) is 75.7 cm³/mol. The van der Waals surface area contributed by atoms with Crippen LogP contribution in [0, 0.1) is 5.41 Å². The van der Waals surface area contributed by atoms with Crippen molar-refractivity contribution >= 4 is 33.6 Å². The van der Waals surface area contributed by atoms with E-state index in [-0.39, 0.29) is 11.5 Å². The first-order chi connectivity index (χ1) is 8.73. The van der Waals surface area contributed by atoms with Crippen molar-refractivity contribution in [1.29, 1.82) is 5.41 Å². The number of carbonyl (C=O) groups is 1. The van der Waals surface area contributed by atoms with Gasteiger partial charge in [0.2, 0.25) is 0 Å². The summed E-state index contributed by atoms with van der Waals surface area (Å²) in [5.74, 6) is 0.177. The molecule has 0 atom stereocenters. The van der Waals surface area contributed by atoms with E-state index in [1.165, 1.54) is 6.20 Å². The molecule has 0 aliphatic heterocycles. The Morgan fingerprint density at radius 3 is 2.74 bits per heavy atom. The first kappa shape index (κ1) is 15.6. The Morgan fingerprint density at radius 1 is 1.58 bits per heavy atom. The Hall–Kier alpha value is -1.47. The van der Waals surface area contributed by atoms with E-state index in [2.05, 4.69) is 26.2 Å². The SMILES string of the molecule is CC(C)(C)OC(=O)Nc1ncc(Br)cc1C(=N)CO. The average molecular weight is 330 g/mol. The van der Waals surface area contributed by atoms with E-state index in [4.69, 9.17) is 15.3 Å². The number of nitrogens with zero attached hydrogens (tertiary/aromatic N) is 1. The lowest BCUT2D eigenvalue weighted by Crippen LogP contribution is -2.28. The number of hydrogen-bond donors (Lipinski definition) is 3. The average Bonchev–Trinajstić information content (AvgIpc) is 2.28. The lowest BCUT2D eigenvalue weighted by atomic mass is 10.1. The van der Waals surface area contributed by atoms with Gasteiger partial charge in [-0.3, -0.25) is 5.32 Å². The molecule has 1 amide bonds. The van der Waals surface area contributed by atoms with E-state index in [1.54, 1.807) is 26.8 Å². The normalized spacial score (nSPS) is 11.0. The Morgan fingerprint density at radius 2 is 2.21 bits per heavy atom. The largest absolute Gasteiger partial charge is 0.444 e. The standard InChI is InChI=1S/C12H16BrN3O3/c1-12(2,3)19-11(18)16-10-8(9(14)6-17)4-7(13)5-15-10/h4-5,14,17H,6H2,1-3H3,(H,15,16,18). The maximum atomic E-state index is 11.7. The number of halogens is 1. The summed E-state index contributed by atoms with van der Waals surface area (Å²) in [7, 11) is 0. The molecule has 1 rings (SSSR count). The van der Waals surface area contributed by atoms with Gasteiger partial charge in [-0.25, -0.2) is 9.78 Å². The van der Waals surface area contributed by atoms with Crippen molar-refractivity contribution in [3.05, 3.63) is 22.3 Å². The summed E-state index contributed by atoms with van der Waals surface area (Å²) in [6.07, 6.45) is 0.829. The molecule has 3 N–H and O–H groups in total. The highest BCUT2D eigenvalue weighted by atomic mass is 79.9. The first-order valence-electron chi connectivity index (χ1n) is 5.57. The molecule has 0 radical (unpaired) electrons. The fourth-order valence-electron chi connectivity index (χ4n) is 1.25. The fourth-order valence-corrected chi connectivity index (χ4v) is 1.59. The van der Waals surface area contributed by atoms with E-state index < -0.39 is 18.3 Å². The van der Waals surface area contributed by atoms with Crippen LogP contribution in [0.2, 0.25) is 0 Å². The number of hydrogen-bond acceptors (Lipinski definition) is 5. The molecule has 1 heterocycles. The topological polar surface area (TPSA) is 95.3 Å². The third-order valence-electron chi connectivity index (χ3n) is 1.96. The van der Waals surface area contributed by atoms with E-state index in [1.807, 2.05) is 0 Å². The third-order valence-corrected chi connectivity index (χ3v) is 2.39. The maximum absolute atomic E-state index is 11.7. The number of amides is 1. The van der Waals surface area contributed by atoms with Gasteiger partial charge in [0.05, 0.1) is 12.3 Å². The number of aromatic nitrogens is 1. The number of aliphatic hydroxyl groups excluding tert-OH is 1. The number of rotatable bonds is 3. The van der Waals surface area contributed by atoms with E-state index in [0.717, 1.165) is 0 Å². The molecule has 0 saturated heterocycles. The van der Waals surface area contributed by atoms with Gasteiger partial charge in [0, 0.05) is 16.2 Å². The highest BCUT2D eigenvalue weighted by Gasteiger charge is 2.18. The van der Waals surface area contributed by atoms with Gasteiger partial charge in [-0.05, 0) is 42.8 Å². The molecule has 0 fully saturated rings. The smallest absolute Gasteiger partial charge is 0.413 e. The van der Waals surface area contributed by atoms with Crippen LogP contribution < -0.4 is 5.32 Å². The summed E-state index contributed by atoms with van der Waals surface area (Å²) in [5.41, 5.74) is -0.327. The van der Waals surface area contributed by atoms with Crippen LogP contribution in [0.1, 0.15) is 26.3 Å². The van der Waals surface area contributed by atoms with Crippen molar-refractivity contribution in [3.8, 4) is 0 Å². The molecule has 7 heteroatoms. The summed E-state index contributed by atoms with van der Waals surface area (Å²) in [4.78, 5) is 15.7. The van der Waals surface area contributed by atoms with E-state index >= 15 is 0 Å². The van der Waals surface area contributed by atoms with Crippen molar-refractivity contribution in [2.75, 3.05) is 11.9 Å². The van der Waals surface area contributed by atoms with Gasteiger partial charge < -0.3 is 15.3 Å². The molecular weight excluding hydrogens is 314 g/mol. The number of ether oxygens (including phenoxy) is 1. The van der Waals surface area contributed by atoms with E-state index in [9.17, 15) is 4.79 Å². The highest BCUT2D eigenvalue weighted by Crippen LogP contribution is 2.19. The molecule has 0 saturated carbocycles. The molecular formula is C12H16BrN3O3. The molecule has 6 nitrogen and oxygen atoms in total. The van der Waals surface area contributed by atoms with Gasteiger partial charge in [-0.2, -0.15) is 0 Å². The summed E-state index contributed by atoms with van der Waals surface area (Å²) in [6.45, 7) is 4.80. The summed E-state index contributed by atoms with van der Waals surface area (Å²) in [5, 5.41) is 19.1. The monoisotopic (exact) mass is 329 g/mol. The van der Waals surface area contributed by atoms with Crippen LogP contribution in [0.25, 0.3) is 0 Å². The fraction of sp³-hybridized carbons (Fsp3) is 0.417.